The molecule has 1 aromatic rings. The third-order valence-electron chi connectivity index (χ3n) is 3.23. The lowest BCUT2D eigenvalue weighted by atomic mass is 9.92. The van der Waals surface area contributed by atoms with Crippen LogP contribution < -0.4 is 0 Å². The second-order valence-electron chi connectivity index (χ2n) is 5.93. The number of benzene rings is 1. The maximum Gasteiger partial charge on any atom is 0.126 e. The molecule has 0 amide bonds. The molecule has 2 nitrogen and oxygen atoms in total. The summed E-state index contributed by atoms with van der Waals surface area (Å²) in [5.74, 6) is 0.901. The minimum absolute atomic E-state index is 0.134. The van der Waals surface area contributed by atoms with E-state index >= 15 is 0 Å². The Balaban J connectivity index is 2.52. The number of ether oxygens (including phenoxy) is 2. The van der Waals surface area contributed by atoms with Gasteiger partial charge in [-0.1, -0.05) is 45.6 Å². The molecule has 0 aliphatic heterocycles. The quantitative estimate of drug-likeness (QED) is 0.729. The minimum Gasteiger partial charge on any atom is -0.491 e. The molecule has 0 spiro atoms. The van der Waals surface area contributed by atoms with Gasteiger partial charge < -0.3 is 9.47 Å². The predicted molar refractivity (Wildman–Crippen MR) is 92.0 cm³/mol. The summed E-state index contributed by atoms with van der Waals surface area (Å²) in [6, 6.07) is 10.4. The van der Waals surface area contributed by atoms with Crippen LogP contribution in [0.3, 0.4) is 0 Å². The molecule has 0 bridgehead atoms. The van der Waals surface area contributed by atoms with Gasteiger partial charge in [-0.3, -0.25) is 0 Å². The van der Waals surface area contributed by atoms with Crippen molar-refractivity contribution in [1.82, 2.24) is 0 Å². The fourth-order valence-electron chi connectivity index (χ4n) is 2.61. The first-order valence-corrected chi connectivity index (χ1v) is 8.10. The Hall–Kier alpha value is -1.11. The molecule has 1 aliphatic rings. The molecule has 3 heteroatoms. The van der Waals surface area contributed by atoms with Crippen molar-refractivity contribution in [3.05, 3.63) is 53.8 Å². The van der Waals surface area contributed by atoms with Crippen LogP contribution in [-0.4, -0.2) is 17.6 Å². The molecule has 0 heterocycles. The lowest BCUT2D eigenvalue weighted by Gasteiger charge is -2.37. The first kappa shape index (κ1) is 16.3. The second-order valence-corrected chi connectivity index (χ2v) is 6.87. The molecule has 1 aliphatic carbocycles. The van der Waals surface area contributed by atoms with E-state index in [1.165, 1.54) is 0 Å². The molecule has 0 fully saturated rings. The lowest BCUT2D eigenvalue weighted by Crippen LogP contribution is -2.32. The Kier molecular flexibility index (Phi) is 5.24. The van der Waals surface area contributed by atoms with Crippen molar-refractivity contribution < 1.29 is 9.47 Å². The zero-order valence-corrected chi connectivity index (χ0v) is 14.5. The van der Waals surface area contributed by atoms with Gasteiger partial charge in [0.15, 0.2) is 0 Å². The predicted octanol–water partition coefficient (Wildman–Crippen LogP) is 4.78. The number of rotatable bonds is 5. The van der Waals surface area contributed by atoms with Crippen molar-refractivity contribution in [2.75, 3.05) is 0 Å². The second kappa shape index (κ2) is 6.77. The maximum atomic E-state index is 6.23. The molecule has 114 valence electrons. The molecule has 21 heavy (non-hydrogen) atoms. The number of hydrogen-bond donors (Lipinski definition) is 0. The monoisotopic (exact) mass is 304 g/mol. The van der Waals surface area contributed by atoms with Gasteiger partial charge in [-0.25, -0.2) is 0 Å². The third kappa shape index (κ3) is 3.96. The van der Waals surface area contributed by atoms with Crippen molar-refractivity contribution in [1.29, 1.82) is 0 Å². The van der Waals surface area contributed by atoms with Crippen LogP contribution in [0.2, 0.25) is 0 Å². The van der Waals surface area contributed by atoms with Crippen LogP contribution in [0.15, 0.2) is 48.2 Å². The molecular formula is C18H25O2P. The highest BCUT2D eigenvalue weighted by Gasteiger charge is 2.36. The fourth-order valence-corrected chi connectivity index (χ4v) is 3.32. The van der Waals surface area contributed by atoms with Gasteiger partial charge in [-0.2, -0.15) is 0 Å². The van der Waals surface area contributed by atoms with Crippen molar-refractivity contribution in [2.24, 2.45) is 0 Å². The normalized spacial score (nSPS) is 22.2. The van der Waals surface area contributed by atoms with Crippen LogP contribution in [0.1, 0.15) is 39.7 Å². The smallest absolute Gasteiger partial charge is 0.126 e. The van der Waals surface area contributed by atoms with Crippen LogP contribution in [0.4, 0.5) is 0 Å². The summed E-state index contributed by atoms with van der Waals surface area (Å²) >= 11 is 0. The topological polar surface area (TPSA) is 18.5 Å². The first-order valence-electron chi connectivity index (χ1n) is 7.52. The Labute approximate surface area is 130 Å². The van der Waals surface area contributed by atoms with E-state index in [-0.39, 0.29) is 12.2 Å². The maximum absolute atomic E-state index is 6.23. The zero-order chi connectivity index (χ0) is 15.5. The molecule has 0 aromatic heterocycles. The van der Waals surface area contributed by atoms with Gasteiger partial charge in [0.05, 0.1) is 12.2 Å². The Morgan fingerprint density at radius 2 is 1.71 bits per heavy atom. The SMILES string of the molecule is CC(C)OC1=C(c2ccccc2)C(P)(OC(C)C)CC=C1. The molecule has 1 aromatic carbocycles. The van der Waals surface area contributed by atoms with Gasteiger partial charge in [0.2, 0.25) is 0 Å². The average molecular weight is 304 g/mol. The van der Waals surface area contributed by atoms with Gasteiger partial charge in [0.1, 0.15) is 11.1 Å². The third-order valence-corrected chi connectivity index (χ3v) is 3.89. The summed E-state index contributed by atoms with van der Waals surface area (Å²) < 4.78 is 12.3. The number of allylic oxidation sites excluding steroid dienone is 1. The summed E-state index contributed by atoms with van der Waals surface area (Å²) in [5.41, 5.74) is 2.26. The van der Waals surface area contributed by atoms with Gasteiger partial charge in [0.25, 0.3) is 0 Å². The van der Waals surface area contributed by atoms with Crippen LogP contribution >= 0.6 is 9.24 Å². The zero-order valence-electron chi connectivity index (χ0n) is 13.3. The largest absolute Gasteiger partial charge is 0.491 e. The van der Waals surface area contributed by atoms with Gasteiger partial charge in [0, 0.05) is 12.0 Å². The van der Waals surface area contributed by atoms with Gasteiger partial charge >= 0.3 is 0 Å². The first-order chi connectivity index (χ1) is 9.92. The number of hydrogen-bond acceptors (Lipinski definition) is 2. The van der Waals surface area contributed by atoms with E-state index < -0.39 is 5.34 Å². The van der Waals surface area contributed by atoms with Crippen LogP contribution in [0, 0.1) is 0 Å². The van der Waals surface area contributed by atoms with E-state index in [4.69, 9.17) is 9.47 Å². The molecule has 0 saturated heterocycles. The fraction of sp³-hybridized carbons (Fsp3) is 0.444. The highest BCUT2D eigenvalue weighted by atomic mass is 31.0. The summed E-state index contributed by atoms with van der Waals surface area (Å²) in [6.45, 7) is 8.23. The lowest BCUT2D eigenvalue weighted by molar-refractivity contribution is 0.0162. The average Bonchev–Trinajstić information content (AvgIpc) is 2.37. The molecule has 0 N–H and O–H groups in total. The molecule has 2 rings (SSSR count). The molecule has 2 unspecified atom stereocenters. The van der Waals surface area contributed by atoms with Crippen LogP contribution in [0.25, 0.3) is 5.57 Å². The van der Waals surface area contributed by atoms with E-state index in [2.05, 4.69) is 47.4 Å². The van der Waals surface area contributed by atoms with Gasteiger partial charge in [-0.15, -0.1) is 0 Å². The van der Waals surface area contributed by atoms with E-state index in [0.29, 0.717) is 0 Å². The Bertz CT molecular complexity index is 531. The Morgan fingerprint density at radius 1 is 1.05 bits per heavy atom. The van der Waals surface area contributed by atoms with E-state index in [9.17, 15) is 0 Å². The summed E-state index contributed by atoms with van der Waals surface area (Å²) in [6.07, 6.45) is 5.29. The standard InChI is InChI=1S/C18H25O2P/c1-13(2)19-16-11-8-12-18(21,20-14(3)4)17(16)15-9-6-5-7-10-15/h5-11,13-14H,12,21H2,1-4H3. The molecule has 0 radical (unpaired) electrons. The van der Waals surface area contributed by atoms with Crippen molar-refractivity contribution >= 4 is 14.8 Å². The molecule has 2 atom stereocenters. The minimum atomic E-state index is -0.436. The summed E-state index contributed by atoms with van der Waals surface area (Å²) in [5, 5.41) is -0.436. The Morgan fingerprint density at radius 3 is 2.29 bits per heavy atom. The highest BCUT2D eigenvalue weighted by molar-refractivity contribution is 7.19. The van der Waals surface area contributed by atoms with E-state index in [0.717, 1.165) is 23.3 Å². The summed E-state index contributed by atoms with van der Waals surface area (Å²) in [7, 11) is 2.89. The van der Waals surface area contributed by atoms with Crippen LogP contribution in [-0.2, 0) is 9.47 Å². The summed E-state index contributed by atoms with van der Waals surface area (Å²) in [4.78, 5) is 0. The van der Waals surface area contributed by atoms with Gasteiger partial charge in [-0.05, 0) is 39.3 Å². The van der Waals surface area contributed by atoms with E-state index in [1.54, 1.807) is 0 Å². The van der Waals surface area contributed by atoms with E-state index in [1.807, 2.05) is 32.0 Å². The molecule has 0 saturated carbocycles. The van der Waals surface area contributed by atoms with Crippen molar-refractivity contribution in [3.63, 3.8) is 0 Å². The molecular weight excluding hydrogens is 279 g/mol. The van der Waals surface area contributed by atoms with Crippen molar-refractivity contribution in [3.8, 4) is 0 Å². The highest BCUT2D eigenvalue weighted by Crippen LogP contribution is 2.45. The van der Waals surface area contributed by atoms with Crippen molar-refractivity contribution in [2.45, 2.75) is 51.7 Å². The van der Waals surface area contributed by atoms with Crippen LogP contribution in [0.5, 0.6) is 0 Å².